The first-order valence-electron chi connectivity index (χ1n) is 6.80. The van der Waals surface area contributed by atoms with Gasteiger partial charge in [0.25, 0.3) is 0 Å². The van der Waals surface area contributed by atoms with Crippen molar-refractivity contribution < 1.29 is 13.2 Å². The molecule has 0 amide bonds. The van der Waals surface area contributed by atoms with Crippen LogP contribution in [0.3, 0.4) is 0 Å². The third-order valence-corrected chi connectivity index (χ3v) is 5.05. The van der Waals surface area contributed by atoms with Crippen LogP contribution >= 0.6 is 0 Å². The molecule has 0 saturated carbocycles. The molecule has 0 aliphatic heterocycles. The van der Waals surface area contributed by atoms with E-state index >= 15 is 0 Å². The van der Waals surface area contributed by atoms with Gasteiger partial charge in [-0.1, -0.05) is 26.3 Å². The molecule has 4 nitrogen and oxygen atoms in total. The van der Waals surface area contributed by atoms with E-state index in [0.717, 1.165) is 6.42 Å². The summed E-state index contributed by atoms with van der Waals surface area (Å²) in [4.78, 5) is 0. The van der Waals surface area contributed by atoms with Crippen LogP contribution in [0.4, 0.5) is 0 Å². The molecule has 0 bridgehead atoms. The number of hydrogen-bond donors (Lipinski definition) is 0. The molecular formula is C15H21NO3S. The van der Waals surface area contributed by atoms with Gasteiger partial charge >= 0.3 is 0 Å². The minimum Gasteiger partial charge on any atom is -0.494 e. The second-order valence-electron chi connectivity index (χ2n) is 4.97. The van der Waals surface area contributed by atoms with E-state index in [9.17, 15) is 8.42 Å². The topological polar surface area (TPSA) is 67.2 Å². The van der Waals surface area contributed by atoms with Gasteiger partial charge in [0.15, 0.2) is 9.84 Å². The number of ether oxygens (including phenoxy) is 1. The minimum absolute atomic E-state index is 0.148. The molecule has 5 heteroatoms. The van der Waals surface area contributed by atoms with Gasteiger partial charge in [0.1, 0.15) is 5.75 Å². The lowest BCUT2D eigenvalue weighted by molar-refractivity contribution is 0.317. The first-order chi connectivity index (χ1) is 9.46. The highest BCUT2D eigenvalue weighted by molar-refractivity contribution is 7.91. The van der Waals surface area contributed by atoms with E-state index in [0.29, 0.717) is 24.3 Å². The van der Waals surface area contributed by atoms with Gasteiger partial charge in [0, 0.05) is 0 Å². The predicted octanol–water partition coefficient (Wildman–Crippen LogP) is 2.79. The number of nitrogens with zero attached hydrogens (tertiary/aromatic N) is 1. The van der Waals surface area contributed by atoms with Crippen molar-refractivity contribution in [2.75, 3.05) is 18.1 Å². The van der Waals surface area contributed by atoms with Crippen LogP contribution in [0.15, 0.2) is 24.3 Å². The molecule has 0 aromatic heterocycles. The summed E-state index contributed by atoms with van der Waals surface area (Å²) >= 11 is 0. The lowest BCUT2D eigenvalue weighted by Gasteiger charge is -2.10. The first-order valence-corrected chi connectivity index (χ1v) is 8.62. The van der Waals surface area contributed by atoms with Gasteiger partial charge in [0.05, 0.1) is 29.7 Å². The zero-order valence-corrected chi connectivity index (χ0v) is 12.8. The molecule has 1 aromatic carbocycles. The van der Waals surface area contributed by atoms with E-state index in [1.54, 1.807) is 24.3 Å². The van der Waals surface area contributed by atoms with Gasteiger partial charge in [-0.2, -0.15) is 5.26 Å². The fourth-order valence-corrected chi connectivity index (χ4v) is 3.59. The average molecular weight is 295 g/mol. The smallest absolute Gasteiger partial charge is 0.150 e. The molecule has 0 saturated heterocycles. The summed E-state index contributed by atoms with van der Waals surface area (Å²) in [7, 11) is -2.99. The molecule has 0 radical (unpaired) electrons. The van der Waals surface area contributed by atoms with Crippen LogP contribution in [-0.4, -0.2) is 26.5 Å². The molecule has 0 spiro atoms. The summed E-state index contributed by atoms with van der Waals surface area (Å²) in [6.45, 7) is 4.28. The highest BCUT2D eigenvalue weighted by Crippen LogP contribution is 2.13. The maximum atomic E-state index is 11.8. The summed E-state index contributed by atoms with van der Waals surface area (Å²) in [6, 6.07) is 8.88. The molecule has 0 heterocycles. The van der Waals surface area contributed by atoms with Crippen LogP contribution in [0.2, 0.25) is 0 Å². The molecule has 0 aliphatic carbocycles. The van der Waals surface area contributed by atoms with Crippen molar-refractivity contribution in [2.24, 2.45) is 5.92 Å². The molecule has 20 heavy (non-hydrogen) atoms. The zero-order valence-electron chi connectivity index (χ0n) is 12.0. The van der Waals surface area contributed by atoms with Crippen LogP contribution < -0.4 is 4.74 Å². The van der Waals surface area contributed by atoms with E-state index < -0.39 is 9.84 Å². The van der Waals surface area contributed by atoms with Gasteiger partial charge in [-0.25, -0.2) is 8.42 Å². The predicted molar refractivity (Wildman–Crippen MR) is 79.4 cm³/mol. The second kappa shape index (κ2) is 7.91. The lowest BCUT2D eigenvalue weighted by Crippen LogP contribution is -2.18. The Morgan fingerprint density at radius 2 is 2.15 bits per heavy atom. The summed E-state index contributed by atoms with van der Waals surface area (Å²) in [5.41, 5.74) is 0.534. The monoisotopic (exact) mass is 295 g/mol. The molecule has 1 unspecified atom stereocenters. The van der Waals surface area contributed by atoms with Gasteiger partial charge in [-0.05, 0) is 30.5 Å². The van der Waals surface area contributed by atoms with E-state index in [4.69, 9.17) is 10.00 Å². The van der Waals surface area contributed by atoms with Crippen molar-refractivity contribution in [3.63, 3.8) is 0 Å². The number of rotatable bonds is 8. The van der Waals surface area contributed by atoms with Crippen molar-refractivity contribution in [3.05, 3.63) is 29.8 Å². The van der Waals surface area contributed by atoms with Crippen molar-refractivity contribution in [2.45, 2.75) is 26.7 Å². The van der Waals surface area contributed by atoms with Crippen LogP contribution in [0, 0.1) is 17.2 Å². The molecule has 110 valence electrons. The average Bonchev–Trinajstić information content (AvgIpc) is 2.43. The van der Waals surface area contributed by atoms with Crippen LogP contribution in [0.1, 0.15) is 32.3 Å². The number of nitriles is 1. The molecule has 1 aromatic rings. The Morgan fingerprint density at radius 3 is 2.80 bits per heavy atom. The van der Waals surface area contributed by atoms with Crippen molar-refractivity contribution in [1.29, 1.82) is 5.26 Å². The molecule has 0 fully saturated rings. The molecule has 0 aliphatic rings. The van der Waals surface area contributed by atoms with Crippen molar-refractivity contribution in [3.8, 4) is 11.8 Å². The van der Waals surface area contributed by atoms with E-state index in [2.05, 4.69) is 0 Å². The fraction of sp³-hybridized carbons (Fsp3) is 0.533. The van der Waals surface area contributed by atoms with Crippen LogP contribution in [0.5, 0.6) is 5.75 Å². The Labute approximate surface area is 121 Å². The highest BCUT2D eigenvalue weighted by Gasteiger charge is 2.14. The Morgan fingerprint density at radius 1 is 1.40 bits per heavy atom. The highest BCUT2D eigenvalue weighted by atomic mass is 32.2. The maximum Gasteiger partial charge on any atom is 0.150 e. The quantitative estimate of drug-likeness (QED) is 0.692. The number of hydrogen-bond acceptors (Lipinski definition) is 4. The van der Waals surface area contributed by atoms with Crippen molar-refractivity contribution in [1.82, 2.24) is 0 Å². The Hall–Kier alpha value is -1.54. The summed E-state index contributed by atoms with van der Waals surface area (Å²) in [5.74, 6) is 1.19. The number of benzene rings is 1. The number of sulfone groups is 1. The van der Waals surface area contributed by atoms with Crippen molar-refractivity contribution >= 4 is 9.84 Å². The molecule has 1 rings (SSSR count). The van der Waals surface area contributed by atoms with Gasteiger partial charge in [-0.3, -0.25) is 0 Å². The normalized spacial score (nSPS) is 12.7. The maximum absolute atomic E-state index is 11.8. The van der Waals surface area contributed by atoms with Gasteiger partial charge in [-0.15, -0.1) is 0 Å². The Kier molecular flexibility index (Phi) is 6.53. The van der Waals surface area contributed by atoms with Crippen LogP contribution in [0.25, 0.3) is 0 Å². The summed E-state index contributed by atoms with van der Waals surface area (Å²) in [5, 5.41) is 8.76. The first kappa shape index (κ1) is 16.5. The summed E-state index contributed by atoms with van der Waals surface area (Å²) < 4.78 is 29.1. The van der Waals surface area contributed by atoms with Gasteiger partial charge < -0.3 is 4.74 Å². The minimum atomic E-state index is -2.99. The molecule has 0 N–H and O–H groups in total. The van der Waals surface area contributed by atoms with Gasteiger partial charge in [0.2, 0.25) is 0 Å². The largest absolute Gasteiger partial charge is 0.494 e. The Balaban J connectivity index is 2.36. The Bertz CT molecular complexity index is 561. The zero-order chi connectivity index (χ0) is 15.0. The SMILES string of the molecule is CCC(C)CS(=O)(=O)CCCOc1cccc(C#N)c1. The van der Waals surface area contributed by atoms with E-state index in [-0.39, 0.29) is 17.4 Å². The third-order valence-electron chi connectivity index (χ3n) is 3.07. The molecular weight excluding hydrogens is 274 g/mol. The second-order valence-corrected chi connectivity index (χ2v) is 7.20. The fourth-order valence-electron chi connectivity index (χ4n) is 1.76. The van der Waals surface area contributed by atoms with E-state index in [1.165, 1.54) is 0 Å². The lowest BCUT2D eigenvalue weighted by atomic mass is 10.2. The third kappa shape index (κ3) is 6.07. The van der Waals surface area contributed by atoms with E-state index in [1.807, 2.05) is 19.9 Å². The summed E-state index contributed by atoms with van der Waals surface area (Å²) in [6.07, 6.45) is 1.34. The molecule has 1 atom stereocenters. The van der Waals surface area contributed by atoms with Crippen LogP contribution in [-0.2, 0) is 9.84 Å². The standard InChI is InChI=1S/C15H21NO3S/c1-3-13(2)12-20(17,18)9-5-8-19-15-7-4-6-14(10-15)11-16/h4,6-7,10,13H,3,5,8-9,12H2,1-2H3.